The quantitative estimate of drug-likeness (QED) is 0.745. The van der Waals surface area contributed by atoms with Crippen molar-refractivity contribution in [2.45, 2.75) is 38.5 Å². The Balaban J connectivity index is 1.35. The number of carbonyl (C=O) groups is 1. The zero-order valence-electron chi connectivity index (χ0n) is 15.0. The molecule has 142 valence electrons. The van der Waals surface area contributed by atoms with Gasteiger partial charge in [-0.05, 0) is 36.3 Å². The molecular formula is C18H25ClN4O2S. The summed E-state index contributed by atoms with van der Waals surface area (Å²) in [7, 11) is 1.63. The second kappa shape index (κ2) is 9.50. The van der Waals surface area contributed by atoms with Gasteiger partial charge in [-0.1, -0.05) is 11.6 Å². The summed E-state index contributed by atoms with van der Waals surface area (Å²) in [6.07, 6.45) is 7.17. The Labute approximate surface area is 163 Å². The number of rotatable bonds is 8. The van der Waals surface area contributed by atoms with E-state index in [4.69, 9.17) is 16.3 Å². The van der Waals surface area contributed by atoms with Crippen molar-refractivity contribution < 1.29 is 9.53 Å². The van der Waals surface area contributed by atoms with Crippen LogP contribution in [-0.4, -0.2) is 53.4 Å². The molecule has 0 bridgehead atoms. The Hall–Kier alpha value is -1.41. The molecule has 0 saturated carbocycles. The van der Waals surface area contributed by atoms with Crippen molar-refractivity contribution in [3.05, 3.63) is 39.3 Å². The summed E-state index contributed by atoms with van der Waals surface area (Å²) in [5.41, 5.74) is 2.40. The SMILES string of the molecule is CNC(=O)Cn1cc(CN2CCC(OCCc3csc(Cl)c3)CC2)cn1. The van der Waals surface area contributed by atoms with Crippen molar-refractivity contribution in [1.82, 2.24) is 20.0 Å². The number of likely N-dealkylation sites (N-methyl/N-ethyl adjacent to an activating group) is 1. The van der Waals surface area contributed by atoms with E-state index in [1.54, 1.807) is 23.1 Å². The van der Waals surface area contributed by atoms with Crippen LogP contribution < -0.4 is 5.32 Å². The van der Waals surface area contributed by atoms with E-state index in [2.05, 4.69) is 20.7 Å². The van der Waals surface area contributed by atoms with Crippen LogP contribution in [-0.2, 0) is 29.0 Å². The summed E-state index contributed by atoms with van der Waals surface area (Å²) in [6.45, 7) is 3.94. The van der Waals surface area contributed by atoms with Gasteiger partial charge in [0.2, 0.25) is 5.91 Å². The van der Waals surface area contributed by atoms with E-state index in [-0.39, 0.29) is 12.5 Å². The van der Waals surface area contributed by atoms with Gasteiger partial charge in [-0.25, -0.2) is 0 Å². The summed E-state index contributed by atoms with van der Waals surface area (Å²) in [5, 5.41) is 8.95. The number of ether oxygens (including phenoxy) is 1. The van der Waals surface area contributed by atoms with Gasteiger partial charge in [-0.3, -0.25) is 14.4 Å². The minimum absolute atomic E-state index is 0.0395. The summed E-state index contributed by atoms with van der Waals surface area (Å²) < 4.78 is 8.55. The summed E-state index contributed by atoms with van der Waals surface area (Å²) in [6, 6.07) is 2.02. The lowest BCUT2D eigenvalue weighted by molar-refractivity contribution is -0.121. The second-order valence-electron chi connectivity index (χ2n) is 6.57. The molecule has 0 radical (unpaired) electrons. The molecule has 26 heavy (non-hydrogen) atoms. The first-order chi connectivity index (χ1) is 12.6. The average molecular weight is 397 g/mol. The molecule has 6 nitrogen and oxygen atoms in total. The molecule has 1 amide bonds. The Morgan fingerprint density at radius 3 is 2.92 bits per heavy atom. The Bertz CT molecular complexity index is 710. The number of piperidine rings is 1. The molecule has 3 heterocycles. The lowest BCUT2D eigenvalue weighted by Crippen LogP contribution is -2.36. The summed E-state index contributed by atoms with van der Waals surface area (Å²) in [5.74, 6) is -0.0395. The molecule has 2 aromatic heterocycles. The van der Waals surface area contributed by atoms with Crippen LogP contribution in [0.4, 0.5) is 0 Å². The van der Waals surface area contributed by atoms with Crippen LogP contribution in [0.3, 0.4) is 0 Å². The van der Waals surface area contributed by atoms with Gasteiger partial charge in [0.05, 0.1) is 23.2 Å². The molecule has 1 fully saturated rings. The maximum absolute atomic E-state index is 11.4. The number of hydrogen-bond donors (Lipinski definition) is 1. The number of nitrogens with one attached hydrogen (secondary N) is 1. The third kappa shape index (κ3) is 5.81. The molecule has 1 saturated heterocycles. The van der Waals surface area contributed by atoms with Crippen molar-refractivity contribution in [3.63, 3.8) is 0 Å². The maximum Gasteiger partial charge on any atom is 0.241 e. The first-order valence-electron chi connectivity index (χ1n) is 8.91. The molecule has 0 aliphatic carbocycles. The van der Waals surface area contributed by atoms with Crippen molar-refractivity contribution in [3.8, 4) is 0 Å². The fourth-order valence-corrected chi connectivity index (χ4v) is 4.06. The largest absolute Gasteiger partial charge is 0.378 e. The number of thiophene rings is 1. The molecule has 0 aromatic carbocycles. The van der Waals surface area contributed by atoms with E-state index < -0.39 is 0 Å². The monoisotopic (exact) mass is 396 g/mol. The minimum Gasteiger partial charge on any atom is -0.378 e. The van der Waals surface area contributed by atoms with Gasteiger partial charge in [-0.15, -0.1) is 11.3 Å². The molecule has 0 atom stereocenters. The molecule has 0 spiro atoms. The van der Waals surface area contributed by atoms with Crippen molar-refractivity contribution in [1.29, 1.82) is 0 Å². The van der Waals surface area contributed by atoms with E-state index >= 15 is 0 Å². The Morgan fingerprint density at radius 1 is 1.42 bits per heavy atom. The van der Waals surface area contributed by atoms with Gasteiger partial charge in [0, 0.05) is 38.4 Å². The van der Waals surface area contributed by atoms with Crippen LogP contribution in [0.1, 0.15) is 24.0 Å². The van der Waals surface area contributed by atoms with E-state index in [9.17, 15) is 4.79 Å². The van der Waals surface area contributed by atoms with E-state index in [1.807, 2.05) is 18.5 Å². The zero-order valence-corrected chi connectivity index (χ0v) is 16.6. The highest BCUT2D eigenvalue weighted by atomic mass is 35.5. The number of carbonyl (C=O) groups excluding carboxylic acids is 1. The fraction of sp³-hybridized carbons (Fsp3) is 0.556. The van der Waals surface area contributed by atoms with Crippen LogP contribution in [0.15, 0.2) is 23.8 Å². The van der Waals surface area contributed by atoms with Gasteiger partial charge in [0.15, 0.2) is 0 Å². The number of likely N-dealkylation sites (tertiary alicyclic amines) is 1. The van der Waals surface area contributed by atoms with E-state index in [0.29, 0.717) is 6.10 Å². The minimum atomic E-state index is -0.0395. The number of nitrogens with zero attached hydrogens (tertiary/aromatic N) is 3. The molecule has 1 N–H and O–H groups in total. The number of amides is 1. The first kappa shape index (κ1) is 19.4. The Morgan fingerprint density at radius 2 is 2.23 bits per heavy atom. The van der Waals surface area contributed by atoms with Crippen LogP contribution in [0.2, 0.25) is 4.34 Å². The van der Waals surface area contributed by atoms with Crippen LogP contribution in [0.5, 0.6) is 0 Å². The maximum atomic E-state index is 11.4. The topological polar surface area (TPSA) is 59.4 Å². The zero-order chi connectivity index (χ0) is 18.4. The molecule has 1 aliphatic rings. The van der Waals surface area contributed by atoms with Gasteiger partial charge in [-0.2, -0.15) is 5.10 Å². The van der Waals surface area contributed by atoms with E-state index in [0.717, 1.165) is 55.4 Å². The predicted octanol–water partition coefficient (Wildman–Crippen LogP) is 2.57. The number of halogens is 1. The fourth-order valence-electron chi connectivity index (χ4n) is 3.11. The van der Waals surface area contributed by atoms with Crippen molar-refractivity contribution >= 4 is 28.8 Å². The smallest absolute Gasteiger partial charge is 0.241 e. The lowest BCUT2D eigenvalue weighted by atomic mass is 10.1. The second-order valence-corrected chi connectivity index (χ2v) is 8.12. The number of aromatic nitrogens is 2. The van der Waals surface area contributed by atoms with Gasteiger partial charge in [0.25, 0.3) is 0 Å². The molecule has 2 aromatic rings. The molecule has 3 rings (SSSR count). The average Bonchev–Trinajstić information content (AvgIpc) is 3.25. The highest BCUT2D eigenvalue weighted by molar-refractivity contribution is 7.14. The summed E-state index contributed by atoms with van der Waals surface area (Å²) in [4.78, 5) is 13.8. The van der Waals surface area contributed by atoms with E-state index in [1.165, 1.54) is 5.56 Å². The van der Waals surface area contributed by atoms with Crippen LogP contribution in [0, 0.1) is 0 Å². The van der Waals surface area contributed by atoms with Crippen molar-refractivity contribution in [2.75, 3.05) is 26.7 Å². The molecular weight excluding hydrogens is 372 g/mol. The molecule has 1 aliphatic heterocycles. The van der Waals surface area contributed by atoms with Crippen LogP contribution in [0.25, 0.3) is 0 Å². The highest BCUT2D eigenvalue weighted by Gasteiger charge is 2.20. The highest BCUT2D eigenvalue weighted by Crippen LogP contribution is 2.21. The van der Waals surface area contributed by atoms with Gasteiger partial charge < -0.3 is 10.1 Å². The Kier molecular flexibility index (Phi) is 7.07. The van der Waals surface area contributed by atoms with Gasteiger partial charge >= 0.3 is 0 Å². The first-order valence-corrected chi connectivity index (χ1v) is 10.2. The van der Waals surface area contributed by atoms with Crippen LogP contribution >= 0.6 is 22.9 Å². The lowest BCUT2D eigenvalue weighted by Gasteiger charge is -2.31. The van der Waals surface area contributed by atoms with Gasteiger partial charge in [0.1, 0.15) is 6.54 Å². The summed E-state index contributed by atoms with van der Waals surface area (Å²) >= 11 is 7.52. The third-order valence-corrected chi connectivity index (χ3v) is 5.72. The number of hydrogen-bond acceptors (Lipinski definition) is 5. The molecule has 8 heteroatoms. The predicted molar refractivity (Wildman–Crippen MR) is 104 cm³/mol. The molecule has 0 unspecified atom stereocenters. The van der Waals surface area contributed by atoms with Crippen molar-refractivity contribution in [2.24, 2.45) is 0 Å². The standard InChI is InChI=1S/C18H25ClN4O2S/c1-20-18(24)12-23-11-15(9-21-23)10-22-5-2-16(3-6-22)25-7-4-14-8-17(19)26-13-14/h8-9,11,13,16H,2-7,10,12H2,1H3,(H,20,24). The third-order valence-electron chi connectivity index (χ3n) is 4.58. The normalized spacial score (nSPS) is 16.1.